The van der Waals surface area contributed by atoms with Gasteiger partial charge in [0.15, 0.2) is 5.82 Å². The van der Waals surface area contributed by atoms with Gasteiger partial charge in [-0.3, -0.25) is 0 Å². The molecule has 0 aliphatic heterocycles. The Morgan fingerprint density at radius 2 is 0.738 bits per heavy atom. The number of alkyl halides is 6. The molecule has 9 rings (SSSR count). The van der Waals surface area contributed by atoms with Crippen molar-refractivity contribution in [3.8, 4) is 61.8 Å². The third-order valence-corrected chi connectivity index (χ3v) is 12.0. The van der Waals surface area contributed by atoms with E-state index in [4.69, 9.17) is 9.97 Å². The molecular weight excluding hydrogens is 829 g/mol. The molecule has 3 nitrogen and oxygen atoms in total. The molecule has 0 radical (unpaired) electrons. The molecule has 0 saturated heterocycles. The van der Waals surface area contributed by atoms with Crippen molar-refractivity contribution in [2.45, 2.75) is 64.7 Å². The first kappa shape index (κ1) is 43.3. The fraction of sp³-hybridized carbons (Fsp3) is 0.179. The predicted octanol–water partition coefficient (Wildman–Crippen LogP) is 16.5. The Kier molecular flexibility index (Phi) is 10.6. The second-order valence-corrected chi connectivity index (χ2v) is 18.6. The van der Waals surface area contributed by atoms with Gasteiger partial charge < -0.3 is 4.57 Å². The molecule has 9 heteroatoms. The molecule has 0 N–H and O–H groups in total. The lowest BCUT2D eigenvalue weighted by Gasteiger charge is -2.22. The van der Waals surface area contributed by atoms with Crippen LogP contribution in [-0.2, 0) is 23.2 Å². The highest BCUT2D eigenvalue weighted by molar-refractivity contribution is 6.11. The van der Waals surface area contributed by atoms with Crippen molar-refractivity contribution in [3.63, 3.8) is 0 Å². The highest BCUT2D eigenvalue weighted by Gasteiger charge is 2.32. The van der Waals surface area contributed by atoms with Crippen LogP contribution < -0.4 is 0 Å². The van der Waals surface area contributed by atoms with Crippen molar-refractivity contribution in [1.29, 1.82) is 0 Å². The van der Waals surface area contributed by atoms with E-state index < -0.39 is 23.5 Å². The van der Waals surface area contributed by atoms with Crippen LogP contribution in [0.1, 0.15) is 63.8 Å². The number of aromatic nitrogens is 3. The van der Waals surface area contributed by atoms with Crippen LogP contribution in [-0.4, -0.2) is 14.5 Å². The van der Waals surface area contributed by atoms with Gasteiger partial charge in [-0.1, -0.05) is 139 Å². The topological polar surface area (TPSA) is 30.7 Å². The van der Waals surface area contributed by atoms with E-state index in [2.05, 4.69) is 82.5 Å². The lowest BCUT2D eigenvalue weighted by Crippen LogP contribution is -2.10. The van der Waals surface area contributed by atoms with Gasteiger partial charge in [0.05, 0.1) is 39.2 Å². The van der Waals surface area contributed by atoms with E-state index in [1.165, 1.54) is 24.3 Å². The summed E-state index contributed by atoms with van der Waals surface area (Å²) in [5.41, 5.74) is 7.84. The Bertz CT molecular complexity index is 3000. The second kappa shape index (κ2) is 15.9. The van der Waals surface area contributed by atoms with Crippen molar-refractivity contribution in [2.75, 3.05) is 0 Å². The molecule has 0 aliphatic rings. The van der Waals surface area contributed by atoms with Crippen molar-refractivity contribution in [1.82, 2.24) is 14.5 Å². The molecule has 2 aromatic heterocycles. The SMILES string of the molecule is CC(C)(C)c1ccc2c(c1)c1cc(C(C)(C)C)ccc1n2-c1c(-c2ccc(C(F)(F)F)cc2)cc(-c2nc(-c3ccccc3)cc(-c3ccccc3)n2)cc1-c1ccc(C(F)(F)F)cc1. The summed E-state index contributed by atoms with van der Waals surface area (Å²) in [5.74, 6) is 0.324. The number of nitrogens with zero attached hydrogens (tertiary/aromatic N) is 3. The third-order valence-electron chi connectivity index (χ3n) is 12.0. The normalized spacial score (nSPS) is 12.6. The molecule has 0 amide bonds. The van der Waals surface area contributed by atoms with Crippen LogP contribution in [0.15, 0.2) is 164 Å². The molecule has 0 spiro atoms. The number of benzene rings is 7. The molecular formula is C56H45F6N3. The van der Waals surface area contributed by atoms with Crippen molar-refractivity contribution in [2.24, 2.45) is 0 Å². The minimum Gasteiger partial charge on any atom is -0.308 e. The molecule has 7 aromatic carbocycles. The molecule has 0 fully saturated rings. The molecule has 326 valence electrons. The Morgan fingerprint density at radius 1 is 0.369 bits per heavy atom. The standard InChI is InChI=1S/C56H45F6N3/c1-53(2,3)41-25-27-49-45(31-41)46-32-42(54(4,5)6)26-28-50(46)65(49)51-43(34-17-21-39(22-18-34)55(57,58)59)29-38(30-44(51)35-19-23-40(24-20-35)56(60,61)62)52-63-47(36-13-9-7-10-14-36)33-48(64-52)37-15-11-8-12-16-37/h7-33H,1-6H3. The van der Waals surface area contributed by atoms with Gasteiger partial charge in [0.25, 0.3) is 0 Å². The number of hydrogen-bond acceptors (Lipinski definition) is 2. The molecule has 0 atom stereocenters. The van der Waals surface area contributed by atoms with Gasteiger partial charge in [0.2, 0.25) is 0 Å². The van der Waals surface area contributed by atoms with Gasteiger partial charge in [-0.15, -0.1) is 0 Å². The van der Waals surface area contributed by atoms with Gasteiger partial charge in [-0.25, -0.2) is 9.97 Å². The first-order valence-corrected chi connectivity index (χ1v) is 21.4. The summed E-state index contributed by atoms with van der Waals surface area (Å²) in [6.07, 6.45) is -9.17. The molecule has 0 aliphatic carbocycles. The Balaban J connectivity index is 1.44. The number of rotatable bonds is 6. The van der Waals surface area contributed by atoms with E-state index in [-0.39, 0.29) is 10.8 Å². The molecule has 0 unspecified atom stereocenters. The van der Waals surface area contributed by atoms with E-state index in [9.17, 15) is 26.3 Å². The van der Waals surface area contributed by atoms with Gasteiger partial charge >= 0.3 is 12.4 Å². The predicted molar refractivity (Wildman–Crippen MR) is 251 cm³/mol. The fourth-order valence-electron chi connectivity index (χ4n) is 8.41. The zero-order chi connectivity index (χ0) is 46.1. The summed E-state index contributed by atoms with van der Waals surface area (Å²) in [6, 6.07) is 47.7. The smallest absolute Gasteiger partial charge is 0.308 e. The molecule has 0 saturated carbocycles. The molecule has 9 aromatic rings. The maximum absolute atomic E-state index is 14.1. The zero-order valence-electron chi connectivity index (χ0n) is 36.7. The first-order chi connectivity index (χ1) is 30.7. The van der Waals surface area contributed by atoms with Gasteiger partial charge in [0, 0.05) is 38.6 Å². The highest BCUT2D eigenvalue weighted by Crippen LogP contribution is 2.46. The third kappa shape index (κ3) is 8.43. The lowest BCUT2D eigenvalue weighted by molar-refractivity contribution is -0.138. The fourth-order valence-corrected chi connectivity index (χ4v) is 8.41. The summed E-state index contributed by atoms with van der Waals surface area (Å²) in [4.78, 5) is 10.2. The maximum atomic E-state index is 14.1. The van der Waals surface area contributed by atoms with Crippen LogP contribution in [0.3, 0.4) is 0 Å². The quantitative estimate of drug-likeness (QED) is 0.156. The Labute approximate surface area is 374 Å². The average molecular weight is 874 g/mol. The van der Waals surface area contributed by atoms with E-state index >= 15 is 0 Å². The van der Waals surface area contributed by atoms with Crippen LogP contribution >= 0.6 is 0 Å². The largest absolute Gasteiger partial charge is 0.416 e. The molecule has 2 heterocycles. The molecule has 0 bridgehead atoms. The van der Waals surface area contributed by atoms with Gasteiger partial charge in [0.1, 0.15) is 0 Å². The summed E-state index contributed by atoms with van der Waals surface area (Å²) >= 11 is 0. The summed E-state index contributed by atoms with van der Waals surface area (Å²) < 4.78 is 87.0. The Morgan fingerprint density at radius 3 is 1.09 bits per heavy atom. The van der Waals surface area contributed by atoms with Crippen LogP contribution in [0.5, 0.6) is 0 Å². The van der Waals surface area contributed by atoms with Crippen molar-refractivity contribution >= 4 is 21.8 Å². The van der Waals surface area contributed by atoms with E-state index in [1.807, 2.05) is 78.9 Å². The van der Waals surface area contributed by atoms with Gasteiger partial charge in [-0.05, 0) is 99.8 Å². The summed E-state index contributed by atoms with van der Waals surface area (Å²) in [5, 5.41) is 1.93. The minimum absolute atomic E-state index is 0.199. The lowest BCUT2D eigenvalue weighted by atomic mass is 9.85. The maximum Gasteiger partial charge on any atom is 0.416 e. The summed E-state index contributed by atoms with van der Waals surface area (Å²) in [6.45, 7) is 12.9. The van der Waals surface area contributed by atoms with Crippen molar-refractivity contribution < 1.29 is 26.3 Å². The monoisotopic (exact) mass is 873 g/mol. The van der Waals surface area contributed by atoms with Gasteiger partial charge in [-0.2, -0.15) is 26.3 Å². The zero-order valence-corrected chi connectivity index (χ0v) is 36.7. The van der Waals surface area contributed by atoms with E-state index in [0.717, 1.165) is 68.3 Å². The molecule has 65 heavy (non-hydrogen) atoms. The summed E-state index contributed by atoms with van der Waals surface area (Å²) in [7, 11) is 0. The van der Waals surface area contributed by atoms with Crippen LogP contribution in [0.2, 0.25) is 0 Å². The number of fused-ring (bicyclic) bond motifs is 3. The Hall–Kier alpha value is -7.00. The number of halogens is 6. The van der Waals surface area contributed by atoms with Crippen LogP contribution in [0, 0.1) is 0 Å². The van der Waals surface area contributed by atoms with E-state index in [0.29, 0.717) is 50.7 Å². The van der Waals surface area contributed by atoms with E-state index in [1.54, 1.807) is 0 Å². The number of hydrogen-bond donors (Lipinski definition) is 0. The van der Waals surface area contributed by atoms with Crippen molar-refractivity contribution in [3.05, 3.63) is 186 Å². The second-order valence-electron chi connectivity index (χ2n) is 18.6. The van der Waals surface area contributed by atoms with Crippen LogP contribution in [0.4, 0.5) is 26.3 Å². The highest BCUT2D eigenvalue weighted by atomic mass is 19.4. The van der Waals surface area contributed by atoms with Crippen LogP contribution in [0.25, 0.3) is 83.6 Å². The minimum atomic E-state index is -4.59. The first-order valence-electron chi connectivity index (χ1n) is 21.4. The average Bonchev–Trinajstić information content (AvgIpc) is 3.61.